The molecule has 0 bridgehead atoms. The van der Waals surface area contributed by atoms with E-state index >= 15 is 0 Å². The Balaban J connectivity index is 1.64. The van der Waals surface area contributed by atoms with Gasteiger partial charge in [-0.1, -0.05) is 30.3 Å². The van der Waals surface area contributed by atoms with Gasteiger partial charge in [-0.2, -0.15) is 5.10 Å². The molecule has 5 aromatic rings. The Labute approximate surface area is 188 Å². The van der Waals surface area contributed by atoms with Gasteiger partial charge < -0.3 is 5.32 Å². The van der Waals surface area contributed by atoms with Crippen molar-refractivity contribution in [1.82, 2.24) is 34.4 Å². The highest BCUT2D eigenvalue weighted by Gasteiger charge is 2.24. The monoisotopic (exact) mass is 439 g/mol. The lowest BCUT2D eigenvalue weighted by Crippen LogP contribution is -2.33. The number of hydrogen-bond donors (Lipinski definition) is 1. The van der Waals surface area contributed by atoms with E-state index in [4.69, 9.17) is 4.98 Å². The zero-order valence-electron chi connectivity index (χ0n) is 18.4. The van der Waals surface area contributed by atoms with Crippen molar-refractivity contribution in [2.45, 2.75) is 26.8 Å². The fourth-order valence-electron chi connectivity index (χ4n) is 4.05. The number of hydrogen-bond acceptors (Lipinski definition) is 6. The lowest BCUT2D eigenvalue weighted by atomic mass is 10.1. The van der Waals surface area contributed by atoms with Crippen molar-refractivity contribution in [2.75, 3.05) is 0 Å². The molecular weight excluding hydrogens is 418 g/mol. The third kappa shape index (κ3) is 3.43. The molecular formula is C24H21N7O2. The molecule has 5 rings (SSSR count). The molecule has 0 unspecified atom stereocenters. The van der Waals surface area contributed by atoms with Gasteiger partial charge in [0.1, 0.15) is 24.0 Å². The van der Waals surface area contributed by atoms with Gasteiger partial charge in [-0.25, -0.2) is 19.5 Å². The van der Waals surface area contributed by atoms with E-state index in [1.165, 1.54) is 17.2 Å². The second kappa shape index (κ2) is 7.94. The molecule has 9 heteroatoms. The van der Waals surface area contributed by atoms with Crippen LogP contribution >= 0.6 is 0 Å². The van der Waals surface area contributed by atoms with Gasteiger partial charge in [0.15, 0.2) is 5.65 Å². The molecule has 9 nitrogen and oxygen atoms in total. The molecule has 0 saturated heterocycles. The summed E-state index contributed by atoms with van der Waals surface area (Å²) in [4.78, 5) is 39.8. The second-order valence-corrected chi connectivity index (χ2v) is 7.85. The van der Waals surface area contributed by atoms with Crippen LogP contribution in [0.1, 0.15) is 40.4 Å². The van der Waals surface area contributed by atoms with Gasteiger partial charge in [-0.15, -0.1) is 0 Å². The van der Waals surface area contributed by atoms with Crippen LogP contribution in [-0.4, -0.2) is 35.0 Å². The van der Waals surface area contributed by atoms with Gasteiger partial charge >= 0.3 is 0 Å². The maximum absolute atomic E-state index is 13.6. The van der Waals surface area contributed by atoms with Crippen molar-refractivity contribution in [3.63, 3.8) is 0 Å². The summed E-state index contributed by atoms with van der Waals surface area (Å²) < 4.78 is 3.03. The van der Waals surface area contributed by atoms with Gasteiger partial charge in [0.2, 0.25) is 0 Å². The van der Waals surface area contributed by atoms with Crippen molar-refractivity contribution in [2.24, 2.45) is 0 Å². The minimum atomic E-state index is -0.577. The number of rotatable bonds is 4. The molecule has 0 aliphatic carbocycles. The summed E-state index contributed by atoms with van der Waals surface area (Å²) in [5.41, 5.74) is 3.23. The van der Waals surface area contributed by atoms with Crippen LogP contribution in [0, 0.1) is 13.8 Å². The standard InChI is InChI=1S/C24H21N7O2/c1-14-8-7-11-18-19(14)24(33)31(17-9-5-4-6-10-17)21(28-18)16(3)27-23(32)20-15(2)29-30-13-25-12-26-22(20)30/h4-13,16H,1-3H3,(H,27,32)/t16-/m0/s1. The molecule has 1 atom stereocenters. The minimum Gasteiger partial charge on any atom is -0.342 e. The van der Waals surface area contributed by atoms with Crippen LogP contribution < -0.4 is 10.9 Å². The first kappa shape index (κ1) is 20.5. The Morgan fingerprint density at radius 2 is 1.85 bits per heavy atom. The van der Waals surface area contributed by atoms with E-state index in [0.717, 1.165) is 5.56 Å². The smallest absolute Gasteiger partial charge is 0.266 e. The van der Waals surface area contributed by atoms with Gasteiger partial charge in [-0.3, -0.25) is 14.2 Å². The van der Waals surface area contributed by atoms with Crippen molar-refractivity contribution in [3.05, 3.63) is 94.2 Å². The van der Waals surface area contributed by atoms with E-state index in [1.807, 2.05) is 55.5 Å². The Kier molecular flexibility index (Phi) is 4.93. The molecule has 0 spiro atoms. The van der Waals surface area contributed by atoms with Gasteiger partial charge in [0, 0.05) is 0 Å². The third-order valence-electron chi connectivity index (χ3n) is 5.59. The molecule has 0 fully saturated rings. The predicted octanol–water partition coefficient (Wildman–Crippen LogP) is 2.93. The summed E-state index contributed by atoms with van der Waals surface area (Å²) in [6, 6.07) is 14.3. The largest absolute Gasteiger partial charge is 0.342 e. The summed E-state index contributed by atoms with van der Waals surface area (Å²) >= 11 is 0. The average Bonchev–Trinajstić information content (AvgIpc) is 3.15. The molecule has 0 aliphatic rings. The molecule has 3 aromatic heterocycles. The van der Waals surface area contributed by atoms with Crippen molar-refractivity contribution in [3.8, 4) is 5.69 Å². The zero-order valence-corrected chi connectivity index (χ0v) is 18.4. The first-order valence-corrected chi connectivity index (χ1v) is 10.5. The highest BCUT2D eigenvalue weighted by Crippen LogP contribution is 2.21. The Morgan fingerprint density at radius 1 is 1.06 bits per heavy atom. The minimum absolute atomic E-state index is 0.180. The molecule has 0 saturated carbocycles. The van der Waals surface area contributed by atoms with E-state index < -0.39 is 6.04 Å². The van der Waals surface area contributed by atoms with Crippen LogP contribution in [0.3, 0.4) is 0 Å². The van der Waals surface area contributed by atoms with Crippen LogP contribution in [-0.2, 0) is 0 Å². The number of aromatic nitrogens is 6. The molecule has 0 aliphatic heterocycles. The van der Waals surface area contributed by atoms with Crippen LogP contribution in [0.25, 0.3) is 22.2 Å². The van der Waals surface area contributed by atoms with Crippen LogP contribution in [0.2, 0.25) is 0 Å². The van der Waals surface area contributed by atoms with E-state index in [-0.39, 0.29) is 11.5 Å². The maximum atomic E-state index is 13.6. The number of nitrogens with one attached hydrogen (secondary N) is 1. The summed E-state index contributed by atoms with van der Waals surface area (Å²) in [5, 5.41) is 7.83. The average molecular weight is 439 g/mol. The lowest BCUT2D eigenvalue weighted by molar-refractivity contribution is 0.0938. The number of amides is 1. The number of carbonyl (C=O) groups excluding carboxylic acids is 1. The first-order chi connectivity index (χ1) is 16.0. The van der Waals surface area contributed by atoms with Gasteiger partial charge in [0.25, 0.3) is 11.5 Å². The Morgan fingerprint density at radius 3 is 2.64 bits per heavy atom. The molecule has 164 valence electrons. The first-order valence-electron chi connectivity index (χ1n) is 10.5. The number of benzene rings is 2. The number of carbonyl (C=O) groups is 1. The number of nitrogens with zero attached hydrogens (tertiary/aromatic N) is 6. The number of fused-ring (bicyclic) bond motifs is 2. The SMILES string of the molecule is Cc1nn2cncnc2c1C(=O)N[C@@H](C)c1nc2cccc(C)c2c(=O)n1-c1ccccc1. The molecule has 0 radical (unpaired) electrons. The van der Waals surface area contributed by atoms with Crippen LogP contribution in [0.4, 0.5) is 0 Å². The zero-order chi connectivity index (χ0) is 23.1. The van der Waals surface area contributed by atoms with Crippen molar-refractivity contribution < 1.29 is 4.79 Å². The van der Waals surface area contributed by atoms with Gasteiger partial charge in [-0.05, 0) is 44.5 Å². The fraction of sp³-hybridized carbons (Fsp3) is 0.167. The van der Waals surface area contributed by atoms with Gasteiger partial charge in [0.05, 0.1) is 28.3 Å². The second-order valence-electron chi connectivity index (χ2n) is 7.85. The Bertz CT molecular complexity index is 1570. The highest BCUT2D eigenvalue weighted by molar-refractivity contribution is 6.01. The molecule has 33 heavy (non-hydrogen) atoms. The molecule has 2 aromatic carbocycles. The van der Waals surface area contributed by atoms with E-state index in [1.54, 1.807) is 18.4 Å². The topological polar surface area (TPSA) is 107 Å². The summed E-state index contributed by atoms with van der Waals surface area (Å²) in [6.07, 6.45) is 2.87. The Hall–Kier alpha value is -4.40. The number of para-hydroxylation sites is 1. The quantitative estimate of drug-likeness (QED) is 0.461. The molecule has 1 N–H and O–H groups in total. The summed E-state index contributed by atoms with van der Waals surface area (Å²) in [5.74, 6) is 0.0771. The molecule has 3 heterocycles. The highest BCUT2D eigenvalue weighted by atomic mass is 16.2. The summed E-state index contributed by atoms with van der Waals surface area (Å²) in [6.45, 7) is 5.43. The maximum Gasteiger partial charge on any atom is 0.266 e. The third-order valence-corrected chi connectivity index (χ3v) is 5.59. The lowest BCUT2D eigenvalue weighted by Gasteiger charge is -2.20. The van der Waals surface area contributed by atoms with E-state index in [2.05, 4.69) is 20.4 Å². The predicted molar refractivity (Wildman–Crippen MR) is 123 cm³/mol. The van der Waals surface area contributed by atoms with Crippen molar-refractivity contribution >= 4 is 22.5 Å². The molecule has 1 amide bonds. The van der Waals surface area contributed by atoms with E-state index in [0.29, 0.717) is 39.3 Å². The van der Waals surface area contributed by atoms with Crippen molar-refractivity contribution in [1.29, 1.82) is 0 Å². The normalized spacial score (nSPS) is 12.2. The van der Waals surface area contributed by atoms with Crippen LogP contribution in [0.5, 0.6) is 0 Å². The van der Waals surface area contributed by atoms with E-state index in [9.17, 15) is 9.59 Å². The number of aryl methyl sites for hydroxylation is 2. The van der Waals surface area contributed by atoms with Crippen LogP contribution in [0.15, 0.2) is 66.0 Å². The fourth-order valence-corrected chi connectivity index (χ4v) is 4.05. The summed E-state index contributed by atoms with van der Waals surface area (Å²) in [7, 11) is 0.